The Labute approximate surface area is 144 Å². The number of primary amides is 1. The lowest BCUT2D eigenvalue weighted by atomic mass is 10.1. The average Bonchev–Trinajstić information content (AvgIpc) is 2.56. The van der Waals surface area contributed by atoms with Crippen molar-refractivity contribution in [3.8, 4) is 0 Å². The van der Waals surface area contributed by atoms with Gasteiger partial charge in [-0.2, -0.15) is 0 Å². The zero-order chi connectivity index (χ0) is 17.7. The molecule has 0 unspecified atom stereocenters. The standard InChI is InChI=1S/C17H17ClFN3O2/c1-22(10-13-14(18)6-3-7-15(13)19)17(24)21-9-11-4-2-5-12(8-11)16(20)23/h2-8H,9-10H2,1H3,(H2,20,23)(H,21,24). The van der Waals surface area contributed by atoms with Gasteiger partial charge in [0, 0.05) is 29.7 Å². The summed E-state index contributed by atoms with van der Waals surface area (Å²) in [5.74, 6) is -0.995. The second kappa shape index (κ2) is 7.79. The van der Waals surface area contributed by atoms with Crippen molar-refractivity contribution < 1.29 is 14.0 Å². The molecule has 0 aliphatic rings. The van der Waals surface area contributed by atoms with Gasteiger partial charge in [0.2, 0.25) is 5.91 Å². The van der Waals surface area contributed by atoms with Gasteiger partial charge in [0.25, 0.3) is 0 Å². The highest BCUT2D eigenvalue weighted by Crippen LogP contribution is 2.20. The molecule has 126 valence electrons. The van der Waals surface area contributed by atoms with Crippen LogP contribution in [0.15, 0.2) is 42.5 Å². The molecule has 0 aliphatic heterocycles. The van der Waals surface area contributed by atoms with Gasteiger partial charge in [-0.05, 0) is 29.8 Å². The van der Waals surface area contributed by atoms with Crippen LogP contribution in [0.4, 0.5) is 9.18 Å². The Morgan fingerprint density at radius 3 is 2.62 bits per heavy atom. The molecule has 3 amide bonds. The fourth-order valence-corrected chi connectivity index (χ4v) is 2.36. The van der Waals surface area contributed by atoms with E-state index in [0.29, 0.717) is 5.56 Å². The summed E-state index contributed by atoms with van der Waals surface area (Å²) in [5, 5.41) is 2.96. The molecule has 0 bridgehead atoms. The van der Waals surface area contributed by atoms with Crippen LogP contribution >= 0.6 is 11.6 Å². The van der Waals surface area contributed by atoms with Crippen LogP contribution in [0, 0.1) is 5.82 Å². The van der Waals surface area contributed by atoms with Gasteiger partial charge < -0.3 is 16.0 Å². The second-order valence-corrected chi connectivity index (χ2v) is 5.69. The smallest absolute Gasteiger partial charge is 0.317 e. The highest BCUT2D eigenvalue weighted by Gasteiger charge is 2.14. The normalized spacial score (nSPS) is 10.3. The molecule has 3 N–H and O–H groups in total. The molecule has 2 rings (SSSR count). The van der Waals surface area contributed by atoms with Crippen LogP contribution in [0.5, 0.6) is 0 Å². The SMILES string of the molecule is CN(Cc1c(F)cccc1Cl)C(=O)NCc1cccc(C(N)=O)c1. The molecule has 0 saturated carbocycles. The first kappa shape index (κ1) is 17.7. The van der Waals surface area contributed by atoms with Crippen molar-refractivity contribution in [1.82, 2.24) is 10.2 Å². The topological polar surface area (TPSA) is 75.4 Å². The van der Waals surface area contributed by atoms with Crippen molar-refractivity contribution in [1.29, 1.82) is 0 Å². The monoisotopic (exact) mass is 349 g/mol. The molecule has 0 aliphatic carbocycles. The van der Waals surface area contributed by atoms with Gasteiger partial charge in [-0.25, -0.2) is 9.18 Å². The molecular weight excluding hydrogens is 333 g/mol. The van der Waals surface area contributed by atoms with Gasteiger partial charge in [0.05, 0.1) is 6.54 Å². The van der Waals surface area contributed by atoms with Crippen molar-refractivity contribution in [2.24, 2.45) is 5.73 Å². The Kier molecular flexibility index (Phi) is 5.76. The van der Waals surface area contributed by atoms with Gasteiger partial charge in [-0.1, -0.05) is 29.8 Å². The maximum atomic E-state index is 13.8. The van der Waals surface area contributed by atoms with Crippen molar-refractivity contribution in [2.75, 3.05) is 7.05 Å². The lowest BCUT2D eigenvalue weighted by Crippen LogP contribution is -2.36. The number of hydrogen-bond donors (Lipinski definition) is 2. The number of amides is 3. The van der Waals surface area contributed by atoms with Gasteiger partial charge in [-0.3, -0.25) is 4.79 Å². The highest BCUT2D eigenvalue weighted by molar-refractivity contribution is 6.31. The second-order valence-electron chi connectivity index (χ2n) is 5.28. The minimum atomic E-state index is -0.533. The number of carbonyl (C=O) groups excluding carboxylic acids is 2. The highest BCUT2D eigenvalue weighted by atomic mass is 35.5. The van der Waals surface area contributed by atoms with E-state index >= 15 is 0 Å². The third-order valence-electron chi connectivity index (χ3n) is 3.46. The van der Waals surface area contributed by atoms with Gasteiger partial charge in [-0.15, -0.1) is 0 Å². The first-order chi connectivity index (χ1) is 11.4. The Morgan fingerprint density at radius 1 is 1.25 bits per heavy atom. The first-order valence-corrected chi connectivity index (χ1v) is 7.57. The minimum Gasteiger partial charge on any atom is -0.366 e. The predicted molar refractivity (Wildman–Crippen MR) is 90.1 cm³/mol. The molecule has 0 spiro atoms. The first-order valence-electron chi connectivity index (χ1n) is 7.19. The zero-order valence-electron chi connectivity index (χ0n) is 13.1. The number of nitrogens with zero attached hydrogens (tertiary/aromatic N) is 1. The van der Waals surface area contributed by atoms with E-state index < -0.39 is 17.8 Å². The predicted octanol–water partition coefficient (Wildman–Crippen LogP) is 2.92. The molecule has 0 aromatic heterocycles. The van der Waals surface area contributed by atoms with Crippen molar-refractivity contribution in [3.63, 3.8) is 0 Å². The van der Waals surface area contributed by atoms with E-state index in [2.05, 4.69) is 5.32 Å². The molecular formula is C17H17ClFN3O2. The van der Waals surface area contributed by atoms with Crippen LogP contribution in [0.1, 0.15) is 21.5 Å². The number of urea groups is 1. The van der Waals surface area contributed by atoms with Crippen molar-refractivity contribution in [2.45, 2.75) is 13.1 Å². The van der Waals surface area contributed by atoms with E-state index in [9.17, 15) is 14.0 Å². The molecule has 0 heterocycles. The third-order valence-corrected chi connectivity index (χ3v) is 3.81. The lowest BCUT2D eigenvalue weighted by molar-refractivity contribution is 0.1000. The molecule has 0 radical (unpaired) electrons. The molecule has 7 heteroatoms. The number of halogens is 2. The Bertz CT molecular complexity index is 747. The summed E-state index contributed by atoms with van der Waals surface area (Å²) >= 11 is 5.96. The molecule has 0 atom stereocenters. The van der Waals surface area contributed by atoms with E-state index in [1.165, 1.54) is 24.1 Å². The largest absolute Gasteiger partial charge is 0.366 e. The number of nitrogens with two attached hydrogens (primary N) is 1. The van der Waals surface area contributed by atoms with Crippen LogP contribution < -0.4 is 11.1 Å². The Morgan fingerprint density at radius 2 is 1.96 bits per heavy atom. The average molecular weight is 350 g/mol. The molecule has 2 aromatic carbocycles. The van der Waals surface area contributed by atoms with Crippen LogP contribution in [-0.2, 0) is 13.1 Å². The summed E-state index contributed by atoms with van der Waals surface area (Å²) in [6, 6.07) is 10.6. The van der Waals surface area contributed by atoms with Crippen LogP contribution in [0.25, 0.3) is 0 Å². The molecule has 0 saturated heterocycles. The van der Waals surface area contributed by atoms with Crippen molar-refractivity contribution in [3.05, 3.63) is 70.0 Å². The fraction of sp³-hybridized carbons (Fsp3) is 0.176. The van der Waals surface area contributed by atoms with Crippen LogP contribution in [0.3, 0.4) is 0 Å². The molecule has 0 fully saturated rings. The fourth-order valence-electron chi connectivity index (χ4n) is 2.14. The van der Waals surface area contributed by atoms with E-state index in [1.54, 1.807) is 30.3 Å². The maximum absolute atomic E-state index is 13.8. The van der Waals surface area contributed by atoms with Crippen LogP contribution in [-0.4, -0.2) is 23.9 Å². The Hall–Kier alpha value is -2.60. The third kappa shape index (κ3) is 4.45. The number of hydrogen-bond acceptors (Lipinski definition) is 2. The summed E-state index contributed by atoms with van der Waals surface area (Å²) in [5.41, 5.74) is 6.58. The number of nitrogens with one attached hydrogen (secondary N) is 1. The summed E-state index contributed by atoms with van der Waals surface area (Å²) < 4.78 is 13.8. The zero-order valence-corrected chi connectivity index (χ0v) is 13.8. The Balaban J connectivity index is 1.97. The molecule has 2 aromatic rings. The number of carbonyl (C=O) groups is 2. The number of rotatable bonds is 5. The number of benzene rings is 2. The lowest BCUT2D eigenvalue weighted by Gasteiger charge is -2.19. The quantitative estimate of drug-likeness (QED) is 0.870. The molecule has 5 nitrogen and oxygen atoms in total. The summed E-state index contributed by atoms with van der Waals surface area (Å²) in [6.45, 7) is 0.258. The van der Waals surface area contributed by atoms with Crippen molar-refractivity contribution >= 4 is 23.5 Å². The summed E-state index contributed by atoms with van der Waals surface area (Å²) in [6.07, 6.45) is 0. The van der Waals surface area contributed by atoms with Gasteiger partial charge in [0.1, 0.15) is 5.82 Å². The van der Waals surface area contributed by atoms with E-state index in [0.717, 1.165) is 5.56 Å². The molecule has 24 heavy (non-hydrogen) atoms. The van der Waals surface area contributed by atoms with Gasteiger partial charge >= 0.3 is 6.03 Å². The van der Waals surface area contributed by atoms with E-state index in [4.69, 9.17) is 17.3 Å². The van der Waals surface area contributed by atoms with Gasteiger partial charge in [0.15, 0.2) is 0 Å². The van der Waals surface area contributed by atoms with E-state index in [1.807, 2.05) is 0 Å². The maximum Gasteiger partial charge on any atom is 0.317 e. The van der Waals surface area contributed by atoms with Crippen LogP contribution in [0.2, 0.25) is 5.02 Å². The van der Waals surface area contributed by atoms with E-state index in [-0.39, 0.29) is 23.7 Å². The summed E-state index contributed by atoms with van der Waals surface area (Å²) in [4.78, 5) is 24.6. The minimum absolute atomic E-state index is 0.0403. The summed E-state index contributed by atoms with van der Waals surface area (Å²) in [7, 11) is 1.54.